The highest BCUT2D eigenvalue weighted by Gasteiger charge is 2.14. The zero-order valence-corrected chi connectivity index (χ0v) is 10.5. The van der Waals surface area contributed by atoms with E-state index in [1.165, 1.54) is 12.3 Å². The largest absolute Gasteiger partial charge is 0.478 e. The van der Waals surface area contributed by atoms with Gasteiger partial charge in [0.25, 0.3) is 0 Å². The Morgan fingerprint density at radius 3 is 3.00 bits per heavy atom. The van der Waals surface area contributed by atoms with Gasteiger partial charge in [-0.2, -0.15) is 0 Å². The van der Waals surface area contributed by atoms with E-state index in [2.05, 4.69) is 10.3 Å². The van der Waals surface area contributed by atoms with Crippen LogP contribution in [0, 0.1) is 0 Å². The molecule has 1 rings (SSSR count). The summed E-state index contributed by atoms with van der Waals surface area (Å²) in [7, 11) is 0. The van der Waals surface area contributed by atoms with Gasteiger partial charge < -0.3 is 15.2 Å². The van der Waals surface area contributed by atoms with Crippen molar-refractivity contribution >= 4 is 23.4 Å². The van der Waals surface area contributed by atoms with Crippen molar-refractivity contribution < 1.29 is 14.6 Å². The summed E-state index contributed by atoms with van der Waals surface area (Å²) in [5, 5.41) is 12.0. The van der Waals surface area contributed by atoms with E-state index >= 15 is 0 Å². The first kappa shape index (κ1) is 13.7. The highest BCUT2D eigenvalue weighted by molar-refractivity contribution is 6.35. The first-order chi connectivity index (χ1) is 8.06. The SMILES string of the molecule is CCOCC(C)Nc1nccc(C(=O)O)c1Cl. The molecule has 1 heterocycles. The molecule has 0 saturated heterocycles. The van der Waals surface area contributed by atoms with Gasteiger partial charge in [-0.15, -0.1) is 0 Å². The smallest absolute Gasteiger partial charge is 0.337 e. The molecule has 0 bridgehead atoms. The van der Waals surface area contributed by atoms with Crippen molar-refractivity contribution in [2.75, 3.05) is 18.5 Å². The van der Waals surface area contributed by atoms with E-state index in [1.807, 2.05) is 13.8 Å². The Kier molecular flexibility index (Phi) is 5.18. The number of nitrogens with zero attached hydrogens (tertiary/aromatic N) is 1. The van der Waals surface area contributed by atoms with Gasteiger partial charge in [0.15, 0.2) is 0 Å². The fourth-order valence-corrected chi connectivity index (χ4v) is 1.53. The molecule has 0 amide bonds. The maximum atomic E-state index is 10.9. The number of anilines is 1. The minimum atomic E-state index is -1.07. The molecule has 1 atom stereocenters. The third-order valence-electron chi connectivity index (χ3n) is 2.07. The molecule has 0 aliphatic rings. The first-order valence-electron chi connectivity index (χ1n) is 5.28. The lowest BCUT2D eigenvalue weighted by Gasteiger charge is -2.15. The predicted molar refractivity (Wildman–Crippen MR) is 65.8 cm³/mol. The zero-order chi connectivity index (χ0) is 12.8. The number of carboxylic acids is 1. The number of carboxylic acid groups (broad SMARTS) is 1. The second kappa shape index (κ2) is 6.42. The summed E-state index contributed by atoms with van der Waals surface area (Å²) in [6.45, 7) is 4.94. The summed E-state index contributed by atoms with van der Waals surface area (Å²) in [6.07, 6.45) is 1.41. The average Bonchev–Trinajstić information content (AvgIpc) is 2.28. The number of aromatic nitrogens is 1. The summed E-state index contributed by atoms with van der Waals surface area (Å²) < 4.78 is 5.24. The lowest BCUT2D eigenvalue weighted by Crippen LogP contribution is -2.22. The molecule has 0 aliphatic carbocycles. The molecule has 1 aromatic heterocycles. The van der Waals surface area contributed by atoms with E-state index < -0.39 is 5.97 Å². The number of aromatic carboxylic acids is 1. The van der Waals surface area contributed by atoms with Crippen molar-refractivity contribution in [1.82, 2.24) is 4.98 Å². The monoisotopic (exact) mass is 258 g/mol. The number of pyridine rings is 1. The summed E-state index contributed by atoms with van der Waals surface area (Å²) in [4.78, 5) is 14.9. The lowest BCUT2D eigenvalue weighted by molar-refractivity contribution is 0.0697. The molecule has 0 spiro atoms. The predicted octanol–water partition coefficient (Wildman–Crippen LogP) is 2.27. The van der Waals surface area contributed by atoms with Gasteiger partial charge in [-0.25, -0.2) is 9.78 Å². The van der Waals surface area contributed by atoms with Crippen molar-refractivity contribution in [2.45, 2.75) is 19.9 Å². The first-order valence-corrected chi connectivity index (χ1v) is 5.66. The van der Waals surface area contributed by atoms with E-state index in [0.717, 1.165) is 0 Å². The Balaban J connectivity index is 2.77. The Morgan fingerprint density at radius 2 is 2.41 bits per heavy atom. The number of hydrogen-bond acceptors (Lipinski definition) is 4. The summed E-state index contributed by atoms with van der Waals surface area (Å²) in [5.41, 5.74) is 0.0350. The quantitative estimate of drug-likeness (QED) is 0.819. The third-order valence-corrected chi connectivity index (χ3v) is 2.46. The van der Waals surface area contributed by atoms with Crippen LogP contribution in [-0.2, 0) is 4.74 Å². The van der Waals surface area contributed by atoms with Crippen molar-refractivity contribution in [2.24, 2.45) is 0 Å². The van der Waals surface area contributed by atoms with Crippen molar-refractivity contribution in [3.8, 4) is 0 Å². The zero-order valence-electron chi connectivity index (χ0n) is 9.74. The van der Waals surface area contributed by atoms with Gasteiger partial charge in [-0.1, -0.05) is 11.6 Å². The van der Waals surface area contributed by atoms with Crippen molar-refractivity contribution in [1.29, 1.82) is 0 Å². The van der Waals surface area contributed by atoms with Crippen LogP contribution < -0.4 is 5.32 Å². The molecule has 5 nitrogen and oxygen atoms in total. The molecular weight excluding hydrogens is 244 g/mol. The van der Waals surface area contributed by atoms with E-state index in [9.17, 15) is 4.79 Å². The second-order valence-corrected chi connectivity index (χ2v) is 3.91. The van der Waals surface area contributed by atoms with Crippen LogP contribution >= 0.6 is 11.6 Å². The molecule has 6 heteroatoms. The third kappa shape index (κ3) is 3.87. The number of rotatable bonds is 6. The molecule has 2 N–H and O–H groups in total. The van der Waals surface area contributed by atoms with Gasteiger partial charge in [0, 0.05) is 18.8 Å². The van der Waals surface area contributed by atoms with Gasteiger partial charge >= 0.3 is 5.97 Å². The number of hydrogen-bond donors (Lipinski definition) is 2. The van der Waals surface area contributed by atoms with Crippen LogP contribution in [0.1, 0.15) is 24.2 Å². The molecule has 0 saturated carbocycles. The maximum absolute atomic E-state index is 10.9. The van der Waals surface area contributed by atoms with Gasteiger partial charge in [0.1, 0.15) is 5.82 Å². The number of carbonyl (C=O) groups is 1. The van der Waals surface area contributed by atoms with E-state index in [-0.39, 0.29) is 16.6 Å². The summed E-state index contributed by atoms with van der Waals surface area (Å²) in [5.74, 6) is -0.711. The molecular formula is C11H15ClN2O3. The van der Waals surface area contributed by atoms with Crippen LogP contribution in [0.2, 0.25) is 5.02 Å². The van der Waals surface area contributed by atoms with E-state index in [1.54, 1.807) is 0 Å². The molecule has 0 fully saturated rings. The van der Waals surface area contributed by atoms with Gasteiger partial charge in [-0.05, 0) is 19.9 Å². The molecule has 94 valence electrons. The fourth-order valence-electron chi connectivity index (χ4n) is 1.28. The number of halogens is 1. The molecule has 17 heavy (non-hydrogen) atoms. The Labute approximate surface area is 105 Å². The normalized spacial score (nSPS) is 12.2. The average molecular weight is 259 g/mol. The van der Waals surface area contributed by atoms with Gasteiger partial charge in [0.05, 0.1) is 17.2 Å². The van der Waals surface area contributed by atoms with Crippen LogP contribution in [0.15, 0.2) is 12.3 Å². The Morgan fingerprint density at radius 1 is 1.71 bits per heavy atom. The van der Waals surface area contributed by atoms with Gasteiger partial charge in [-0.3, -0.25) is 0 Å². The standard InChI is InChI=1S/C11H15ClN2O3/c1-3-17-6-7(2)14-10-9(12)8(11(15)16)4-5-13-10/h4-5,7H,3,6H2,1-2H3,(H,13,14)(H,15,16). The number of nitrogens with one attached hydrogen (secondary N) is 1. The summed E-state index contributed by atoms with van der Waals surface area (Å²) >= 11 is 5.94. The molecule has 0 aromatic carbocycles. The maximum Gasteiger partial charge on any atom is 0.337 e. The Bertz CT molecular complexity index is 398. The van der Waals surface area contributed by atoms with Gasteiger partial charge in [0.2, 0.25) is 0 Å². The van der Waals surface area contributed by atoms with E-state index in [0.29, 0.717) is 19.0 Å². The number of ether oxygens (including phenoxy) is 1. The minimum absolute atomic E-state index is 0.00370. The highest BCUT2D eigenvalue weighted by Crippen LogP contribution is 2.23. The Hall–Kier alpha value is -1.33. The van der Waals surface area contributed by atoms with Crippen LogP contribution in [0.25, 0.3) is 0 Å². The van der Waals surface area contributed by atoms with Crippen LogP contribution in [0.5, 0.6) is 0 Å². The van der Waals surface area contributed by atoms with Crippen LogP contribution in [0.4, 0.5) is 5.82 Å². The molecule has 1 unspecified atom stereocenters. The topological polar surface area (TPSA) is 71.5 Å². The van der Waals surface area contributed by atoms with Crippen LogP contribution in [-0.4, -0.2) is 35.3 Å². The van der Waals surface area contributed by atoms with Crippen molar-refractivity contribution in [3.05, 3.63) is 22.8 Å². The lowest BCUT2D eigenvalue weighted by atomic mass is 10.2. The highest BCUT2D eigenvalue weighted by atomic mass is 35.5. The molecule has 0 aliphatic heterocycles. The fraction of sp³-hybridized carbons (Fsp3) is 0.455. The minimum Gasteiger partial charge on any atom is -0.478 e. The molecule has 0 radical (unpaired) electrons. The molecule has 1 aromatic rings. The second-order valence-electron chi connectivity index (χ2n) is 3.53. The van der Waals surface area contributed by atoms with Crippen molar-refractivity contribution in [3.63, 3.8) is 0 Å². The van der Waals surface area contributed by atoms with E-state index in [4.69, 9.17) is 21.4 Å². The van der Waals surface area contributed by atoms with Crippen LogP contribution in [0.3, 0.4) is 0 Å². The summed E-state index contributed by atoms with van der Waals surface area (Å²) in [6, 6.07) is 1.37.